The van der Waals surface area contributed by atoms with Crippen LogP contribution in [-0.4, -0.2) is 26.7 Å². The summed E-state index contributed by atoms with van der Waals surface area (Å²) in [6.07, 6.45) is 1.97. The number of imidazole rings is 1. The van der Waals surface area contributed by atoms with Gasteiger partial charge in [-0.2, -0.15) is 0 Å². The zero-order valence-electron chi connectivity index (χ0n) is 10.8. The number of hydrogen-bond donors (Lipinski definition) is 1. The fourth-order valence-electron chi connectivity index (χ4n) is 2.01. The molecule has 0 spiro atoms. The van der Waals surface area contributed by atoms with E-state index >= 15 is 0 Å². The Morgan fingerprint density at radius 3 is 3.05 bits per heavy atom. The van der Waals surface area contributed by atoms with Crippen molar-refractivity contribution in [1.82, 2.24) is 19.6 Å². The number of rotatable bonds is 4. The van der Waals surface area contributed by atoms with Gasteiger partial charge in [0.15, 0.2) is 5.82 Å². The third kappa shape index (κ3) is 2.19. The molecule has 0 atom stereocenters. The van der Waals surface area contributed by atoms with Crippen LogP contribution < -0.4 is 4.74 Å². The lowest BCUT2D eigenvalue weighted by atomic mass is 10.2. The zero-order valence-corrected chi connectivity index (χ0v) is 11.6. The number of benzene rings is 1. The highest BCUT2D eigenvalue weighted by Gasteiger charge is 2.13. The Hall–Kier alpha value is -1.95. The summed E-state index contributed by atoms with van der Waals surface area (Å²) in [5.74, 6) is 1.65. The molecule has 0 aliphatic rings. The normalized spacial score (nSPS) is 11.1. The molecule has 5 nitrogen and oxygen atoms in total. The summed E-state index contributed by atoms with van der Waals surface area (Å²) >= 11 is 1.38. The van der Waals surface area contributed by atoms with Crippen LogP contribution in [0, 0.1) is 0 Å². The van der Waals surface area contributed by atoms with Crippen LogP contribution in [-0.2, 0) is 6.42 Å². The fourth-order valence-corrected chi connectivity index (χ4v) is 2.66. The molecular weight excluding hydrogens is 260 g/mol. The van der Waals surface area contributed by atoms with Gasteiger partial charge in [0.1, 0.15) is 10.6 Å². The highest BCUT2D eigenvalue weighted by molar-refractivity contribution is 7.09. The number of aromatic nitrogens is 4. The molecule has 0 saturated heterocycles. The minimum absolute atomic E-state index is 0.818. The number of aromatic amines is 1. The molecule has 98 valence electrons. The quantitative estimate of drug-likeness (QED) is 0.794. The number of aryl methyl sites for hydroxylation is 1. The summed E-state index contributed by atoms with van der Waals surface area (Å²) in [6.45, 7) is 2.13. The molecule has 1 N–H and O–H groups in total. The van der Waals surface area contributed by atoms with Crippen molar-refractivity contribution >= 4 is 22.6 Å². The number of ether oxygens (including phenoxy) is 1. The molecule has 0 fully saturated rings. The van der Waals surface area contributed by atoms with Gasteiger partial charge in [-0.25, -0.2) is 4.98 Å². The second-order valence-corrected chi connectivity index (χ2v) is 5.02. The average molecular weight is 274 g/mol. The van der Waals surface area contributed by atoms with Gasteiger partial charge in [0.05, 0.1) is 23.8 Å². The van der Waals surface area contributed by atoms with E-state index in [0.717, 1.165) is 46.0 Å². The van der Waals surface area contributed by atoms with Crippen LogP contribution in [0.25, 0.3) is 21.7 Å². The van der Waals surface area contributed by atoms with Gasteiger partial charge in [0, 0.05) is 6.07 Å². The smallest absolute Gasteiger partial charge is 0.152 e. The minimum atomic E-state index is 0.818. The summed E-state index contributed by atoms with van der Waals surface area (Å²) in [6, 6.07) is 5.80. The lowest BCUT2D eigenvalue weighted by molar-refractivity contribution is 0.415. The second kappa shape index (κ2) is 4.97. The summed E-state index contributed by atoms with van der Waals surface area (Å²) in [4.78, 5) is 8.93. The van der Waals surface area contributed by atoms with Crippen LogP contribution in [0.5, 0.6) is 5.75 Å². The maximum absolute atomic E-state index is 5.21. The SMILES string of the molecule is CCCc1nnsc1-c1nc2ccc(OC)cc2[nH]1. The summed E-state index contributed by atoms with van der Waals surface area (Å²) in [7, 11) is 1.66. The van der Waals surface area contributed by atoms with Crippen molar-refractivity contribution in [2.45, 2.75) is 19.8 Å². The number of hydrogen-bond acceptors (Lipinski definition) is 5. The van der Waals surface area contributed by atoms with E-state index in [4.69, 9.17) is 4.74 Å². The van der Waals surface area contributed by atoms with Gasteiger partial charge in [-0.15, -0.1) is 5.10 Å². The molecule has 6 heteroatoms. The highest BCUT2D eigenvalue weighted by atomic mass is 32.1. The van der Waals surface area contributed by atoms with Gasteiger partial charge in [0.25, 0.3) is 0 Å². The monoisotopic (exact) mass is 274 g/mol. The lowest BCUT2D eigenvalue weighted by Crippen LogP contribution is -1.88. The second-order valence-electron chi connectivity index (χ2n) is 4.27. The molecule has 2 aromatic heterocycles. The van der Waals surface area contributed by atoms with Crippen molar-refractivity contribution in [3.8, 4) is 16.5 Å². The Bertz CT molecular complexity index is 704. The fraction of sp³-hybridized carbons (Fsp3) is 0.308. The molecule has 0 aliphatic heterocycles. The molecule has 3 aromatic rings. The van der Waals surface area contributed by atoms with Gasteiger partial charge in [0.2, 0.25) is 0 Å². The zero-order chi connectivity index (χ0) is 13.2. The van der Waals surface area contributed by atoms with Crippen molar-refractivity contribution in [1.29, 1.82) is 0 Å². The van der Waals surface area contributed by atoms with E-state index in [1.165, 1.54) is 11.5 Å². The molecule has 3 rings (SSSR count). The Kier molecular flexibility index (Phi) is 3.16. The van der Waals surface area contributed by atoms with E-state index in [2.05, 4.69) is 26.5 Å². The molecule has 1 aromatic carbocycles. The van der Waals surface area contributed by atoms with Gasteiger partial charge in [-0.05, 0) is 30.1 Å². The standard InChI is InChI=1S/C13H14N4OS/c1-3-4-10-12(19-17-16-10)13-14-9-6-5-8(18-2)7-11(9)15-13/h5-7H,3-4H2,1-2H3,(H,14,15). The molecule has 0 aliphatic carbocycles. The van der Waals surface area contributed by atoms with E-state index in [1.807, 2.05) is 18.2 Å². The Labute approximate surface area is 114 Å². The van der Waals surface area contributed by atoms with E-state index in [-0.39, 0.29) is 0 Å². The van der Waals surface area contributed by atoms with E-state index < -0.39 is 0 Å². The van der Waals surface area contributed by atoms with Gasteiger partial charge in [-0.1, -0.05) is 17.8 Å². The molecule has 2 heterocycles. The number of nitrogens with zero attached hydrogens (tertiary/aromatic N) is 3. The van der Waals surface area contributed by atoms with Crippen LogP contribution in [0.4, 0.5) is 0 Å². The van der Waals surface area contributed by atoms with Crippen LogP contribution in [0.3, 0.4) is 0 Å². The first-order valence-corrected chi connectivity index (χ1v) is 6.94. The van der Waals surface area contributed by atoms with Gasteiger partial charge >= 0.3 is 0 Å². The molecule has 19 heavy (non-hydrogen) atoms. The van der Waals surface area contributed by atoms with E-state index in [1.54, 1.807) is 7.11 Å². The third-order valence-electron chi connectivity index (χ3n) is 2.95. The molecule has 0 unspecified atom stereocenters. The maximum Gasteiger partial charge on any atom is 0.152 e. The number of H-pyrrole nitrogens is 1. The predicted molar refractivity (Wildman–Crippen MR) is 75.5 cm³/mol. The Balaban J connectivity index is 2.07. The Morgan fingerprint density at radius 1 is 1.37 bits per heavy atom. The first kappa shape index (κ1) is 12.1. The first-order valence-electron chi connectivity index (χ1n) is 6.17. The van der Waals surface area contributed by atoms with Crippen LogP contribution in [0.1, 0.15) is 19.0 Å². The Morgan fingerprint density at radius 2 is 2.26 bits per heavy atom. The average Bonchev–Trinajstić information content (AvgIpc) is 3.03. The predicted octanol–water partition coefficient (Wildman–Crippen LogP) is 3.04. The molecule has 0 radical (unpaired) electrons. The van der Waals surface area contributed by atoms with Crippen molar-refractivity contribution in [2.75, 3.05) is 7.11 Å². The maximum atomic E-state index is 5.21. The number of nitrogens with one attached hydrogen (secondary N) is 1. The van der Waals surface area contributed by atoms with Gasteiger partial charge < -0.3 is 9.72 Å². The molecule has 0 bridgehead atoms. The minimum Gasteiger partial charge on any atom is -0.497 e. The van der Waals surface area contributed by atoms with Crippen LogP contribution in [0.15, 0.2) is 18.2 Å². The molecule has 0 saturated carbocycles. The molecule has 0 amide bonds. The van der Waals surface area contributed by atoms with Crippen molar-refractivity contribution < 1.29 is 4.74 Å². The van der Waals surface area contributed by atoms with Crippen LogP contribution in [0.2, 0.25) is 0 Å². The topological polar surface area (TPSA) is 63.7 Å². The summed E-state index contributed by atoms with van der Waals surface area (Å²) < 4.78 is 9.24. The van der Waals surface area contributed by atoms with Crippen molar-refractivity contribution in [3.63, 3.8) is 0 Å². The summed E-state index contributed by atoms with van der Waals surface area (Å²) in [5, 5.41) is 4.17. The van der Waals surface area contributed by atoms with E-state index in [0.29, 0.717) is 0 Å². The van der Waals surface area contributed by atoms with Crippen LogP contribution >= 0.6 is 11.5 Å². The number of methoxy groups -OCH3 is 1. The highest BCUT2D eigenvalue weighted by Crippen LogP contribution is 2.28. The number of fused-ring (bicyclic) bond motifs is 1. The first-order chi connectivity index (χ1) is 9.31. The third-order valence-corrected chi connectivity index (χ3v) is 3.72. The van der Waals surface area contributed by atoms with E-state index in [9.17, 15) is 0 Å². The van der Waals surface area contributed by atoms with Crippen molar-refractivity contribution in [3.05, 3.63) is 23.9 Å². The largest absolute Gasteiger partial charge is 0.497 e. The lowest BCUT2D eigenvalue weighted by Gasteiger charge is -1.96. The van der Waals surface area contributed by atoms with Crippen molar-refractivity contribution in [2.24, 2.45) is 0 Å². The summed E-state index contributed by atoms with van der Waals surface area (Å²) in [5.41, 5.74) is 2.90. The molecular formula is C13H14N4OS. The van der Waals surface area contributed by atoms with Gasteiger partial charge in [-0.3, -0.25) is 0 Å².